The van der Waals surface area contributed by atoms with Crippen LogP contribution in [0.5, 0.6) is 0 Å². The van der Waals surface area contributed by atoms with Crippen molar-refractivity contribution in [1.29, 1.82) is 0 Å². The fourth-order valence-electron chi connectivity index (χ4n) is 1.13. The molecule has 0 aliphatic carbocycles. The lowest BCUT2D eigenvalue weighted by Crippen LogP contribution is -2.07. The van der Waals surface area contributed by atoms with Gasteiger partial charge in [0.25, 0.3) is 0 Å². The van der Waals surface area contributed by atoms with E-state index in [-0.39, 0.29) is 0 Å². The van der Waals surface area contributed by atoms with Gasteiger partial charge in [-0.3, -0.25) is 4.68 Å². The van der Waals surface area contributed by atoms with Crippen LogP contribution in [0.2, 0.25) is 0 Å². The first-order valence-electron chi connectivity index (χ1n) is 4.98. The van der Waals surface area contributed by atoms with Crippen LogP contribution in [-0.4, -0.2) is 16.3 Å². The molecule has 0 fully saturated rings. The molecule has 3 nitrogen and oxygen atoms in total. The van der Waals surface area contributed by atoms with Gasteiger partial charge in [-0.05, 0) is 12.3 Å². The molecule has 1 rings (SSSR count). The van der Waals surface area contributed by atoms with Crippen molar-refractivity contribution in [2.24, 2.45) is 5.92 Å². The van der Waals surface area contributed by atoms with Crippen molar-refractivity contribution in [3.05, 3.63) is 12.4 Å². The molecule has 0 aliphatic rings. The first kappa shape index (κ1) is 10.1. The van der Waals surface area contributed by atoms with Crippen LogP contribution in [0.1, 0.15) is 27.2 Å². The Morgan fingerprint density at radius 1 is 1.54 bits per heavy atom. The number of aryl methyl sites for hydroxylation is 1. The molecule has 0 saturated carbocycles. The van der Waals surface area contributed by atoms with E-state index in [1.54, 1.807) is 0 Å². The van der Waals surface area contributed by atoms with Crippen LogP contribution in [0.15, 0.2) is 12.4 Å². The first-order chi connectivity index (χ1) is 6.22. The van der Waals surface area contributed by atoms with Crippen molar-refractivity contribution >= 4 is 5.69 Å². The van der Waals surface area contributed by atoms with Gasteiger partial charge in [0.2, 0.25) is 0 Å². The molecule has 74 valence electrons. The molecule has 0 bridgehead atoms. The third-order valence-corrected chi connectivity index (χ3v) is 1.80. The van der Waals surface area contributed by atoms with E-state index in [2.05, 4.69) is 37.4 Å². The van der Waals surface area contributed by atoms with Crippen LogP contribution in [0.4, 0.5) is 5.69 Å². The third kappa shape index (κ3) is 3.49. The van der Waals surface area contributed by atoms with Gasteiger partial charge < -0.3 is 5.32 Å². The summed E-state index contributed by atoms with van der Waals surface area (Å²) in [6.45, 7) is 8.57. The second-order valence-corrected chi connectivity index (χ2v) is 3.77. The number of nitrogens with one attached hydrogen (secondary N) is 1. The molecule has 1 N–H and O–H groups in total. The summed E-state index contributed by atoms with van der Waals surface area (Å²) in [7, 11) is 0. The summed E-state index contributed by atoms with van der Waals surface area (Å²) in [6.07, 6.45) is 5.08. The smallest absolute Gasteiger partial charge is 0.0726 e. The van der Waals surface area contributed by atoms with E-state index in [1.165, 1.54) is 0 Å². The van der Waals surface area contributed by atoms with Gasteiger partial charge in [-0.1, -0.05) is 20.8 Å². The average Bonchev–Trinajstić information content (AvgIpc) is 2.50. The zero-order valence-electron chi connectivity index (χ0n) is 8.75. The molecule has 1 heterocycles. The molecule has 1 aromatic heterocycles. The molecule has 0 radical (unpaired) electrons. The van der Waals surface area contributed by atoms with Crippen molar-refractivity contribution in [2.45, 2.75) is 33.7 Å². The van der Waals surface area contributed by atoms with Crippen molar-refractivity contribution in [3.8, 4) is 0 Å². The minimum absolute atomic E-state index is 0.675. The van der Waals surface area contributed by atoms with E-state index >= 15 is 0 Å². The summed E-state index contributed by atoms with van der Waals surface area (Å²) in [4.78, 5) is 0. The van der Waals surface area contributed by atoms with Crippen molar-refractivity contribution in [3.63, 3.8) is 0 Å². The van der Waals surface area contributed by atoms with Crippen LogP contribution < -0.4 is 5.32 Å². The monoisotopic (exact) mass is 181 g/mol. The highest BCUT2D eigenvalue weighted by Gasteiger charge is 1.97. The van der Waals surface area contributed by atoms with Gasteiger partial charge >= 0.3 is 0 Å². The Labute approximate surface area is 80.1 Å². The molecule has 0 saturated heterocycles. The van der Waals surface area contributed by atoms with Gasteiger partial charge in [0.1, 0.15) is 0 Å². The number of hydrogen-bond acceptors (Lipinski definition) is 2. The van der Waals surface area contributed by atoms with Gasteiger partial charge in [-0.25, -0.2) is 0 Å². The average molecular weight is 181 g/mol. The summed E-state index contributed by atoms with van der Waals surface area (Å²) < 4.78 is 1.97. The van der Waals surface area contributed by atoms with Gasteiger partial charge in [-0.2, -0.15) is 5.10 Å². The van der Waals surface area contributed by atoms with E-state index in [0.29, 0.717) is 5.92 Å². The molecule has 13 heavy (non-hydrogen) atoms. The summed E-state index contributed by atoms with van der Waals surface area (Å²) in [5, 5.41) is 7.58. The Balaban J connectivity index is 2.39. The van der Waals surface area contributed by atoms with Crippen molar-refractivity contribution < 1.29 is 0 Å². The predicted molar refractivity (Wildman–Crippen MR) is 55.8 cm³/mol. The number of anilines is 1. The lowest BCUT2D eigenvalue weighted by molar-refractivity contribution is 0.603. The number of nitrogens with zero attached hydrogens (tertiary/aromatic N) is 2. The fraction of sp³-hybridized carbons (Fsp3) is 0.700. The van der Waals surface area contributed by atoms with Gasteiger partial charge in [0.15, 0.2) is 0 Å². The number of hydrogen-bond donors (Lipinski definition) is 1. The Morgan fingerprint density at radius 2 is 2.31 bits per heavy atom. The second-order valence-electron chi connectivity index (χ2n) is 3.77. The van der Waals surface area contributed by atoms with E-state index in [0.717, 1.165) is 25.2 Å². The van der Waals surface area contributed by atoms with Crippen LogP contribution in [0.25, 0.3) is 0 Å². The van der Waals surface area contributed by atoms with Crippen LogP contribution in [0, 0.1) is 5.92 Å². The predicted octanol–water partition coefficient (Wildman–Crippen LogP) is 2.36. The molecule has 0 unspecified atom stereocenters. The molecule has 3 heteroatoms. The van der Waals surface area contributed by atoms with Gasteiger partial charge in [-0.15, -0.1) is 0 Å². The number of aromatic nitrogens is 2. The minimum atomic E-state index is 0.675. The zero-order valence-corrected chi connectivity index (χ0v) is 8.75. The molecule has 0 spiro atoms. The first-order valence-corrected chi connectivity index (χ1v) is 4.98. The van der Waals surface area contributed by atoms with E-state index < -0.39 is 0 Å². The molecule has 0 aromatic carbocycles. The molecule has 0 aliphatic heterocycles. The second kappa shape index (κ2) is 4.90. The standard InChI is InChI=1S/C10H19N3/c1-4-5-13-8-10(7-12-13)11-6-9(2)3/h7-9,11H,4-6H2,1-3H3. The molecular weight excluding hydrogens is 162 g/mol. The minimum Gasteiger partial charge on any atom is -0.382 e. The van der Waals surface area contributed by atoms with Crippen molar-refractivity contribution in [2.75, 3.05) is 11.9 Å². The quantitative estimate of drug-likeness (QED) is 0.755. The van der Waals surface area contributed by atoms with E-state index in [1.807, 2.05) is 10.9 Å². The van der Waals surface area contributed by atoms with Gasteiger partial charge in [0.05, 0.1) is 11.9 Å². The van der Waals surface area contributed by atoms with Crippen LogP contribution in [-0.2, 0) is 6.54 Å². The Hall–Kier alpha value is -0.990. The largest absolute Gasteiger partial charge is 0.382 e. The summed E-state index contributed by atoms with van der Waals surface area (Å²) in [6, 6.07) is 0. The van der Waals surface area contributed by atoms with E-state index in [4.69, 9.17) is 0 Å². The molecular formula is C10H19N3. The Kier molecular flexibility index (Phi) is 3.80. The highest BCUT2D eigenvalue weighted by molar-refractivity contribution is 5.37. The summed E-state index contributed by atoms with van der Waals surface area (Å²) >= 11 is 0. The fourth-order valence-corrected chi connectivity index (χ4v) is 1.13. The Bertz CT molecular complexity index is 240. The molecule has 0 amide bonds. The topological polar surface area (TPSA) is 29.9 Å². The summed E-state index contributed by atoms with van der Waals surface area (Å²) in [5.41, 5.74) is 1.13. The maximum absolute atomic E-state index is 4.24. The normalized spacial score (nSPS) is 10.8. The summed E-state index contributed by atoms with van der Waals surface area (Å²) in [5.74, 6) is 0.675. The van der Waals surface area contributed by atoms with Gasteiger partial charge in [0, 0.05) is 19.3 Å². The highest BCUT2D eigenvalue weighted by Crippen LogP contribution is 2.06. The number of rotatable bonds is 5. The molecule has 1 aromatic rings. The Morgan fingerprint density at radius 3 is 2.92 bits per heavy atom. The lowest BCUT2D eigenvalue weighted by atomic mass is 10.2. The van der Waals surface area contributed by atoms with Crippen LogP contribution >= 0.6 is 0 Å². The lowest BCUT2D eigenvalue weighted by Gasteiger charge is -2.05. The molecule has 0 atom stereocenters. The third-order valence-electron chi connectivity index (χ3n) is 1.80. The maximum atomic E-state index is 4.24. The van der Waals surface area contributed by atoms with E-state index in [9.17, 15) is 0 Å². The SMILES string of the molecule is CCCn1cc(NCC(C)C)cn1. The zero-order chi connectivity index (χ0) is 9.68. The van der Waals surface area contributed by atoms with Crippen molar-refractivity contribution in [1.82, 2.24) is 9.78 Å². The van der Waals surface area contributed by atoms with Crippen LogP contribution in [0.3, 0.4) is 0 Å². The highest BCUT2D eigenvalue weighted by atomic mass is 15.3. The maximum Gasteiger partial charge on any atom is 0.0726 e.